The smallest absolute Gasteiger partial charge is 0.247 e. The van der Waals surface area contributed by atoms with Crippen LogP contribution in [0.1, 0.15) is 0 Å². The van der Waals surface area contributed by atoms with Gasteiger partial charge in [0.15, 0.2) is 0 Å². The Hall–Kier alpha value is -0.730. The van der Waals surface area contributed by atoms with Gasteiger partial charge in [-0.1, -0.05) is 11.6 Å². The molecule has 0 amide bonds. The molecule has 1 aromatic heterocycles. The second kappa shape index (κ2) is 5.10. The van der Waals surface area contributed by atoms with Crippen LogP contribution in [-0.2, 0) is 20.8 Å². The number of sulfonamides is 1. The first kappa shape index (κ1) is 13.7. The third-order valence-corrected chi connectivity index (χ3v) is 6.52. The van der Waals surface area contributed by atoms with Gasteiger partial charge < -0.3 is 0 Å². The molecule has 0 spiro atoms. The second-order valence-electron chi connectivity index (χ2n) is 3.34. The van der Waals surface area contributed by atoms with Gasteiger partial charge in [0.25, 0.3) is 0 Å². The van der Waals surface area contributed by atoms with Crippen molar-refractivity contribution < 1.29 is 12.6 Å². The molecule has 0 aliphatic heterocycles. The van der Waals surface area contributed by atoms with Crippen LogP contribution in [0.15, 0.2) is 49.7 Å². The quantitative estimate of drug-likeness (QED) is 0.941. The third-order valence-electron chi connectivity index (χ3n) is 2.05. The van der Waals surface area contributed by atoms with E-state index in [1.807, 2.05) is 0 Å². The fraction of sp³-hybridized carbons (Fsp3) is 0. The van der Waals surface area contributed by atoms with Crippen LogP contribution in [-0.4, -0.2) is 12.6 Å². The maximum atomic E-state index is 12.1. The van der Waals surface area contributed by atoms with Gasteiger partial charge in [-0.25, -0.2) is 17.8 Å². The minimum Gasteiger partial charge on any atom is -0.248 e. The van der Waals surface area contributed by atoms with Gasteiger partial charge in [-0.3, -0.25) is 0 Å². The highest BCUT2D eigenvalue weighted by molar-refractivity contribution is 7.92. The van der Waals surface area contributed by atoms with Crippen molar-refractivity contribution in [1.29, 1.82) is 0 Å². The molecule has 18 heavy (non-hydrogen) atoms. The Kier molecular flexibility index (Phi) is 3.88. The molecule has 0 radical (unpaired) electrons. The van der Waals surface area contributed by atoms with Crippen molar-refractivity contribution in [2.75, 3.05) is 0 Å². The number of primary sulfonamides is 1. The summed E-state index contributed by atoms with van der Waals surface area (Å²) in [4.78, 5) is 0.558. The van der Waals surface area contributed by atoms with Crippen LogP contribution < -0.4 is 5.14 Å². The van der Waals surface area contributed by atoms with Crippen LogP contribution >= 0.6 is 22.9 Å². The van der Waals surface area contributed by atoms with Crippen LogP contribution in [0.2, 0.25) is 5.02 Å². The minimum atomic E-state index is -3.74. The standard InChI is InChI=1S/C10H8ClNO3S3/c11-7-1-3-8(4-2-7)17(13)9-5-6-10(16-9)18(12,14)15/h1-6H,(H2,12,14,15)/t17-/m1/s1. The van der Waals surface area contributed by atoms with Gasteiger partial charge >= 0.3 is 0 Å². The summed E-state index contributed by atoms with van der Waals surface area (Å²) < 4.78 is 34.8. The highest BCUT2D eigenvalue weighted by atomic mass is 35.5. The van der Waals surface area contributed by atoms with Gasteiger partial charge in [-0.15, -0.1) is 11.3 Å². The second-order valence-corrected chi connectivity index (χ2v) is 8.36. The molecule has 0 fully saturated rings. The predicted molar refractivity (Wildman–Crippen MR) is 71.8 cm³/mol. The number of nitrogens with two attached hydrogens (primary N) is 1. The third kappa shape index (κ3) is 2.99. The number of benzene rings is 1. The van der Waals surface area contributed by atoms with Crippen LogP contribution in [0.25, 0.3) is 0 Å². The van der Waals surface area contributed by atoms with Gasteiger partial charge in [-0.2, -0.15) is 0 Å². The molecule has 2 aromatic rings. The van der Waals surface area contributed by atoms with E-state index in [-0.39, 0.29) is 4.21 Å². The number of rotatable bonds is 3. The van der Waals surface area contributed by atoms with Crippen molar-refractivity contribution in [1.82, 2.24) is 0 Å². The van der Waals surface area contributed by atoms with Crippen molar-refractivity contribution in [3.8, 4) is 0 Å². The average molecular weight is 322 g/mol. The summed E-state index contributed by atoms with van der Waals surface area (Å²) in [5.41, 5.74) is 0. The zero-order valence-corrected chi connectivity index (χ0v) is 12.1. The van der Waals surface area contributed by atoms with Gasteiger partial charge in [0.2, 0.25) is 10.0 Å². The molecule has 2 N–H and O–H groups in total. The van der Waals surface area contributed by atoms with E-state index >= 15 is 0 Å². The summed E-state index contributed by atoms with van der Waals surface area (Å²) in [7, 11) is -5.17. The molecule has 0 bridgehead atoms. The lowest BCUT2D eigenvalue weighted by Gasteiger charge is -1.98. The number of hydrogen-bond acceptors (Lipinski definition) is 4. The number of thiophene rings is 1. The van der Waals surface area contributed by atoms with E-state index in [2.05, 4.69) is 0 Å². The van der Waals surface area contributed by atoms with E-state index in [1.54, 1.807) is 24.3 Å². The van der Waals surface area contributed by atoms with Gasteiger partial charge in [0, 0.05) is 9.92 Å². The molecular formula is C10H8ClNO3S3. The van der Waals surface area contributed by atoms with Crippen LogP contribution in [0.3, 0.4) is 0 Å². The van der Waals surface area contributed by atoms with Gasteiger partial charge in [0.1, 0.15) is 4.21 Å². The van der Waals surface area contributed by atoms with E-state index < -0.39 is 20.8 Å². The van der Waals surface area contributed by atoms with E-state index in [0.717, 1.165) is 11.3 Å². The summed E-state index contributed by atoms with van der Waals surface area (Å²) in [6, 6.07) is 9.37. The van der Waals surface area contributed by atoms with Crippen LogP contribution in [0.4, 0.5) is 0 Å². The first-order valence-electron chi connectivity index (χ1n) is 4.68. The fourth-order valence-corrected chi connectivity index (χ4v) is 4.64. The lowest BCUT2D eigenvalue weighted by Crippen LogP contribution is -2.09. The lowest BCUT2D eigenvalue weighted by molar-refractivity contribution is 0.600. The number of halogens is 1. The summed E-state index contributed by atoms with van der Waals surface area (Å²) in [6.07, 6.45) is 0. The molecule has 8 heteroatoms. The first-order valence-corrected chi connectivity index (χ1v) is 8.57. The van der Waals surface area contributed by atoms with Gasteiger partial charge in [-0.05, 0) is 36.4 Å². The van der Waals surface area contributed by atoms with Crippen LogP contribution in [0, 0.1) is 0 Å². The average Bonchev–Trinajstić information content (AvgIpc) is 2.78. The highest BCUT2D eigenvalue weighted by Gasteiger charge is 2.15. The fourth-order valence-electron chi connectivity index (χ4n) is 1.23. The molecule has 2 rings (SSSR count). The normalized spacial score (nSPS) is 13.4. The highest BCUT2D eigenvalue weighted by Crippen LogP contribution is 2.27. The molecule has 96 valence electrons. The van der Waals surface area contributed by atoms with Gasteiger partial charge in [0.05, 0.1) is 15.0 Å². The first-order chi connectivity index (χ1) is 8.38. The molecule has 0 saturated carbocycles. The Balaban J connectivity index is 2.35. The summed E-state index contributed by atoms with van der Waals surface area (Å²) >= 11 is 6.63. The molecular weight excluding hydrogens is 314 g/mol. The lowest BCUT2D eigenvalue weighted by atomic mass is 10.4. The molecule has 1 atom stereocenters. The van der Waals surface area contributed by atoms with Crippen molar-refractivity contribution in [2.45, 2.75) is 13.3 Å². The molecule has 0 aliphatic rings. The van der Waals surface area contributed by atoms with E-state index in [0.29, 0.717) is 14.1 Å². The maximum Gasteiger partial charge on any atom is 0.247 e. The largest absolute Gasteiger partial charge is 0.248 e. The van der Waals surface area contributed by atoms with Crippen LogP contribution in [0.5, 0.6) is 0 Å². The van der Waals surface area contributed by atoms with E-state index in [1.165, 1.54) is 12.1 Å². The molecule has 0 unspecified atom stereocenters. The maximum absolute atomic E-state index is 12.1. The molecule has 4 nitrogen and oxygen atoms in total. The Labute approximate surface area is 116 Å². The molecule has 0 aliphatic carbocycles. The Morgan fingerprint density at radius 1 is 1.11 bits per heavy atom. The van der Waals surface area contributed by atoms with Crippen molar-refractivity contribution in [3.05, 3.63) is 41.4 Å². The zero-order valence-electron chi connectivity index (χ0n) is 8.87. The number of hydrogen-bond donors (Lipinski definition) is 1. The van der Waals surface area contributed by atoms with E-state index in [9.17, 15) is 12.6 Å². The summed E-state index contributed by atoms with van der Waals surface area (Å²) in [6.45, 7) is 0. The molecule has 0 saturated heterocycles. The molecule has 1 heterocycles. The predicted octanol–water partition coefficient (Wildman–Crippen LogP) is 2.22. The summed E-state index contributed by atoms with van der Waals surface area (Å²) in [5.74, 6) is 0. The Bertz CT molecular complexity index is 691. The Morgan fingerprint density at radius 2 is 1.72 bits per heavy atom. The van der Waals surface area contributed by atoms with E-state index in [4.69, 9.17) is 16.7 Å². The monoisotopic (exact) mass is 321 g/mol. The Morgan fingerprint density at radius 3 is 2.22 bits per heavy atom. The van der Waals surface area contributed by atoms with Crippen molar-refractivity contribution in [3.63, 3.8) is 0 Å². The zero-order chi connectivity index (χ0) is 13.3. The topological polar surface area (TPSA) is 77.2 Å². The summed E-state index contributed by atoms with van der Waals surface area (Å²) in [5, 5.41) is 5.54. The SMILES string of the molecule is NS(=O)(=O)c1ccc([S@](=O)c2ccc(Cl)cc2)s1. The molecule has 1 aromatic carbocycles. The minimum absolute atomic E-state index is 0.000173. The van der Waals surface area contributed by atoms with Crippen molar-refractivity contribution >= 4 is 43.8 Å². The van der Waals surface area contributed by atoms with Crippen molar-refractivity contribution in [2.24, 2.45) is 5.14 Å².